The Labute approximate surface area is 189 Å². The minimum atomic E-state index is -0.0689. The molecule has 6 nitrogen and oxygen atoms in total. The molecule has 1 aliphatic heterocycles. The highest BCUT2D eigenvalue weighted by Crippen LogP contribution is 2.30. The van der Waals surface area contributed by atoms with Gasteiger partial charge in [0, 0.05) is 31.0 Å². The van der Waals surface area contributed by atoms with Crippen molar-refractivity contribution in [1.82, 2.24) is 10.6 Å². The Morgan fingerprint density at radius 1 is 0.969 bits per heavy atom. The third kappa shape index (κ3) is 5.68. The normalized spacial score (nSPS) is 22.5. The molecule has 3 atom stereocenters. The summed E-state index contributed by atoms with van der Waals surface area (Å²) >= 11 is 0. The van der Waals surface area contributed by atoms with Crippen LogP contribution in [0.3, 0.4) is 0 Å². The van der Waals surface area contributed by atoms with Gasteiger partial charge in [-0.05, 0) is 67.5 Å². The molecular formula is C26H32N2O4. The Morgan fingerprint density at radius 2 is 1.69 bits per heavy atom. The zero-order chi connectivity index (χ0) is 22.3. The predicted octanol–water partition coefficient (Wildman–Crippen LogP) is 3.80. The summed E-state index contributed by atoms with van der Waals surface area (Å²) in [6.07, 6.45) is 3.80. The van der Waals surface area contributed by atoms with Crippen molar-refractivity contribution in [2.24, 2.45) is 11.8 Å². The van der Waals surface area contributed by atoms with E-state index in [0.717, 1.165) is 49.2 Å². The molecular weight excluding hydrogens is 404 g/mol. The average Bonchev–Trinajstić information content (AvgIpc) is 3.51. The van der Waals surface area contributed by atoms with Crippen LogP contribution < -0.4 is 15.4 Å². The lowest BCUT2D eigenvalue weighted by Crippen LogP contribution is -2.31. The van der Waals surface area contributed by atoms with E-state index < -0.39 is 0 Å². The topological polar surface area (TPSA) is 76.7 Å². The molecule has 4 rings (SSSR count). The summed E-state index contributed by atoms with van der Waals surface area (Å²) in [6, 6.07) is 15.7. The third-order valence-corrected chi connectivity index (χ3v) is 6.34. The Balaban J connectivity index is 1.27. The summed E-state index contributed by atoms with van der Waals surface area (Å²) < 4.78 is 11.3. The van der Waals surface area contributed by atoms with Gasteiger partial charge in [0.25, 0.3) is 5.91 Å². The average molecular weight is 437 g/mol. The highest BCUT2D eigenvalue weighted by Gasteiger charge is 2.29. The number of hydrogen-bond donors (Lipinski definition) is 2. The number of amides is 2. The van der Waals surface area contributed by atoms with Gasteiger partial charge < -0.3 is 20.1 Å². The van der Waals surface area contributed by atoms with Gasteiger partial charge >= 0.3 is 0 Å². The van der Waals surface area contributed by atoms with Crippen LogP contribution in [0.25, 0.3) is 11.1 Å². The van der Waals surface area contributed by atoms with Crippen LogP contribution in [0.15, 0.2) is 48.5 Å². The third-order valence-electron chi connectivity index (χ3n) is 6.34. The van der Waals surface area contributed by atoms with Crippen molar-refractivity contribution in [3.8, 4) is 16.9 Å². The van der Waals surface area contributed by atoms with E-state index in [0.29, 0.717) is 31.2 Å². The van der Waals surface area contributed by atoms with Crippen LogP contribution in [-0.2, 0) is 9.53 Å². The van der Waals surface area contributed by atoms with Crippen LogP contribution in [0.4, 0.5) is 0 Å². The summed E-state index contributed by atoms with van der Waals surface area (Å²) in [4.78, 5) is 24.5. The molecule has 6 heteroatoms. The molecule has 0 radical (unpaired) electrons. The lowest BCUT2D eigenvalue weighted by molar-refractivity contribution is -0.124. The maximum Gasteiger partial charge on any atom is 0.251 e. The van der Waals surface area contributed by atoms with Crippen molar-refractivity contribution < 1.29 is 19.1 Å². The van der Waals surface area contributed by atoms with Gasteiger partial charge in [0.15, 0.2) is 0 Å². The Morgan fingerprint density at radius 3 is 2.34 bits per heavy atom. The number of carbonyl (C=O) groups is 2. The molecule has 32 heavy (non-hydrogen) atoms. The Bertz CT molecular complexity index is 904. The molecule has 1 aliphatic carbocycles. The fraction of sp³-hybridized carbons (Fsp3) is 0.462. The summed E-state index contributed by atoms with van der Waals surface area (Å²) in [5.74, 6) is 1.37. The van der Waals surface area contributed by atoms with Gasteiger partial charge in [-0.3, -0.25) is 9.59 Å². The Hall–Kier alpha value is -2.86. The van der Waals surface area contributed by atoms with Crippen LogP contribution in [0, 0.1) is 11.8 Å². The molecule has 0 spiro atoms. The van der Waals surface area contributed by atoms with E-state index in [1.54, 1.807) is 0 Å². The molecule has 0 unspecified atom stereocenters. The van der Waals surface area contributed by atoms with E-state index in [2.05, 4.69) is 10.6 Å². The largest absolute Gasteiger partial charge is 0.488 e. The molecule has 1 saturated carbocycles. The molecule has 0 bridgehead atoms. The van der Waals surface area contributed by atoms with Gasteiger partial charge in [0.1, 0.15) is 11.9 Å². The van der Waals surface area contributed by atoms with Crippen molar-refractivity contribution >= 4 is 11.8 Å². The SMILES string of the molecule is CCNC(=O)[C@H]1CC[C@@H](CNC(=O)c2ccc(-c3ccc(O[C@@H]4CCOC4)cc3)cc2)C1. The van der Waals surface area contributed by atoms with Crippen LogP contribution >= 0.6 is 0 Å². The number of hydrogen-bond acceptors (Lipinski definition) is 4. The minimum absolute atomic E-state index is 0.0689. The maximum atomic E-state index is 12.6. The number of benzene rings is 2. The van der Waals surface area contributed by atoms with E-state index in [1.165, 1.54) is 0 Å². The number of ether oxygens (including phenoxy) is 2. The van der Waals surface area contributed by atoms with Gasteiger partial charge in [-0.15, -0.1) is 0 Å². The van der Waals surface area contributed by atoms with Crippen LogP contribution in [0.2, 0.25) is 0 Å². The van der Waals surface area contributed by atoms with Gasteiger partial charge in [0.2, 0.25) is 5.91 Å². The second-order valence-electron chi connectivity index (χ2n) is 8.69. The Kier molecular flexibility index (Phi) is 7.43. The molecule has 170 valence electrons. The summed E-state index contributed by atoms with van der Waals surface area (Å²) in [6.45, 7) is 4.64. The molecule has 1 saturated heterocycles. The van der Waals surface area contributed by atoms with Crippen molar-refractivity contribution in [2.75, 3.05) is 26.3 Å². The lowest BCUT2D eigenvalue weighted by Gasteiger charge is -2.13. The van der Waals surface area contributed by atoms with E-state index in [9.17, 15) is 9.59 Å². The van der Waals surface area contributed by atoms with Crippen molar-refractivity contribution in [3.05, 3.63) is 54.1 Å². The highest BCUT2D eigenvalue weighted by molar-refractivity contribution is 5.94. The molecule has 2 amide bonds. The van der Waals surface area contributed by atoms with E-state index in [4.69, 9.17) is 9.47 Å². The molecule has 2 N–H and O–H groups in total. The van der Waals surface area contributed by atoms with Crippen LogP contribution in [0.5, 0.6) is 5.75 Å². The highest BCUT2D eigenvalue weighted by atomic mass is 16.5. The number of carbonyl (C=O) groups excluding carboxylic acids is 2. The molecule has 2 aromatic rings. The molecule has 2 aromatic carbocycles. The first kappa shape index (κ1) is 22.3. The van der Waals surface area contributed by atoms with Gasteiger partial charge in [-0.2, -0.15) is 0 Å². The van der Waals surface area contributed by atoms with Gasteiger partial charge in [-0.25, -0.2) is 0 Å². The summed E-state index contributed by atoms with van der Waals surface area (Å²) in [7, 11) is 0. The van der Waals surface area contributed by atoms with E-state index in [1.807, 2.05) is 55.5 Å². The van der Waals surface area contributed by atoms with Crippen LogP contribution in [-0.4, -0.2) is 44.2 Å². The molecule has 2 fully saturated rings. The quantitative estimate of drug-likeness (QED) is 0.660. The van der Waals surface area contributed by atoms with Crippen molar-refractivity contribution in [1.29, 1.82) is 0 Å². The van der Waals surface area contributed by atoms with Gasteiger partial charge in [0.05, 0.1) is 13.2 Å². The molecule has 1 heterocycles. The second-order valence-corrected chi connectivity index (χ2v) is 8.69. The smallest absolute Gasteiger partial charge is 0.251 e. The van der Waals surface area contributed by atoms with E-state index >= 15 is 0 Å². The number of rotatable bonds is 8. The van der Waals surface area contributed by atoms with Gasteiger partial charge in [-0.1, -0.05) is 24.3 Å². The first-order valence-electron chi connectivity index (χ1n) is 11.6. The predicted molar refractivity (Wildman–Crippen MR) is 124 cm³/mol. The first-order chi connectivity index (χ1) is 15.6. The van der Waals surface area contributed by atoms with Crippen LogP contribution in [0.1, 0.15) is 43.0 Å². The van der Waals surface area contributed by atoms with Crippen molar-refractivity contribution in [3.63, 3.8) is 0 Å². The minimum Gasteiger partial charge on any atom is -0.488 e. The molecule has 2 aliphatic rings. The maximum absolute atomic E-state index is 12.6. The van der Waals surface area contributed by atoms with E-state index in [-0.39, 0.29) is 23.8 Å². The fourth-order valence-corrected chi connectivity index (χ4v) is 4.49. The first-order valence-corrected chi connectivity index (χ1v) is 11.6. The number of nitrogens with one attached hydrogen (secondary N) is 2. The lowest BCUT2D eigenvalue weighted by atomic mass is 10.0. The monoisotopic (exact) mass is 436 g/mol. The molecule has 0 aromatic heterocycles. The zero-order valence-electron chi connectivity index (χ0n) is 18.6. The van der Waals surface area contributed by atoms with Crippen molar-refractivity contribution in [2.45, 2.75) is 38.7 Å². The summed E-state index contributed by atoms with van der Waals surface area (Å²) in [5.41, 5.74) is 2.78. The fourth-order valence-electron chi connectivity index (χ4n) is 4.49. The standard InChI is InChI=1S/C26H32N2O4/c1-2-27-26(30)22-4-3-18(15-22)16-28-25(29)21-7-5-19(6-8-21)20-9-11-23(12-10-20)32-24-13-14-31-17-24/h5-12,18,22,24H,2-4,13-17H2,1H3,(H,27,30)(H,28,29)/t18-,22+,24-/m1/s1. The zero-order valence-corrected chi connectivity index (χ0v) is 18.6. The summed E-state index contributed by atoms with van der Waals surface area (Å²) in [5, 5.41) is 5.93. The second kappa shape index (κ2) is 10.6.